The molecular weight excluding hydrogens is 340 g/mol. The monoisotopic (exact) mass is 358 g/mol. The van der Waals surface area contributed by atoms with Crippen LogP contribution in [0.15, 0.2) is 43.0 Å². The van der Waals surface area contributed by atoms with E-state index in [9.17, 15) is 10.1 Å². The summed E-state index contributed by atoms with van der Waals surface area (Å²) in [6.07, 6.45) is 8.86. The van der Waals surface area contributed by atoms with Crippen LogP contribution in [-0.4, -0.2) is 32.0 Å². The van der Waals surface area contributed by atoms with E-state index < -0.39 is 5.41 Å². The van der Waals surface area contributed by atoms with E-state index in [4.69, 9.17) is 4.98 Å². The zero-order chi connectivity index (χ0) is 18.6. The van der Waals surface area contributed by atoms with E-state index in [1.165, 1.54) is 0 Å². The summed E-state index contributed by atoms with van der Waals surface area (Å²) in [5.74, 6) is 0.564. The van der Waals surface area contributed by atoms with Crippen LogP contribution in [0.4, 0.5) is 5.82 Å². The first-order valence-electron chi connectivity index (χ1n) is 9.13. The van der Waals surface area contributed by atoms with Gasteiger partial charge in [-0.2, -0.15) is 10.4 Å². The Morgan fingerprint density at radius 2 is 2.15 bits per heavy atom. The highest BCUT2D eigenvalue weighted by Gasteiger charge is 2.61. The molecule has 1 amide bonds. The summed E-state index contributed by atoms with van der Waals surface area (Å²) < 4.78 is 1.73. The van der Waals surface area contributed by atoms with Gasteiger partial charge in [-0.05, 0) is 37.0 Å². The molecule has 5 rings (SSSR count). The van der Waals surface area contributed by atoms with Crippen molar-refractivity contribution in [1.82, 2.24) is 19.6 Å². The van der Waals surface area contributed by atoms with Crippen molar-refractivity contribution in [3.8, 4) is 17.3 Å². The van der Waals surface area contributed by atoms with Gasteiger partial charge in [0.1, 0.15) is 10.9 Å². The zero-order valence-electron chi connectivity index (χ0n) is 14.9. The van der Waals surface area contributed by atoms with E-state index in [1.807, 2.05) is 31.3 Å². The second-order valence-electron chi connectivity index (χ2n) is 7.42. The Balaban J connectivity index is 1.66. The molecule has 1 saturated heterocycles. The van der Waals surface area contributed by atoms with Crippen LogP contribution in [0.1, 0.15) is 19.8 Å². The van der Waals surface area contributed by atoms with Gasteiger partial charge in [-0.25, -0.2) is 9.50 Å². The Hall–Kier alpha value is -3.27. The fourth-order valence-corrected chi connectivity index (χ4v) is 4.24. The van der Waals surface area contributed by atoms with Gasteiger partial charge in [-0.1, -0.05) is 6.92 Å². The third-order valence-corrected chi connectivity index (χ3v) is 5.82. The molecule has 134 valence electrons. The van der Waals surface area contributed by atoms with Crippen LogP contribution < -0.4 is 4.90 Å². The third-order valence-electron chi connectivity index (χ3n) is 5.82. The van der Waals surface area contributed by atoms with Crippen LogP contribution in [0, 0.1) is 28.6 Å². The average molecular weight is 358 g/mol. The quantitative estimate of drug-likeness (QED) is 0.718. The van der Waals surface area contributed by atoms with Crippen molar-refractivity contribution in [3.63, 3.8) is 0 Å². The number of aromatic nitrogens is 4. The zero-order valence-corrected chi connectivity index (χ0v) is 14.9. The van der Waals surface area contributed by atoms with Crippen molar-refractivity contribution in [2.24, 2.45) is 17.3 Å². The van der Waals surface area contributed by atoms with Gasteiger partial charge in [-0.3, -0.25) is 14.7 Å². The lowest BCUT2D eigenvalue weighted by Gasteiger charge is -2.23. The fraction of sp³-hybridized carbons (Fsp3) is 0.350. The number of nitrogens with zero attached hydrogens (tertiary/aromatic N) is 6. The van der Waals surface area contributed by atoms with Gasteiger partial charge in [-0.15, -0.1) is 0 Å². The molecule has 0 bridgehead atoms. The van der Waals surface area contributed by atoms with Crippen LogP contribution in [0.5, 0.6) is 0 Å². The molecule has 7 heteroatoms. The van der Waals surface area contributed by atoms with Crippen molar-refractivity contribution in [2.45, 2.75) is 19.8 Å². The average Bonchev–Trinajstić information content (AvgIpc) is 3.37. The molecule has 1 saturated carbocycles. The molecule has 0 aromatic carbocycles. The molecule has 0 unspecified atom stereocenters. The molecule has 4 heterocycles. The van der Waals surface area contributed by atoms with Crippen LogP contribution >= 0.6 is 0 Å². The molecule has 1 aliphatic carbocycles. The topological polar surface area (TPSA) is 87.2 Å². The van der Waals surface area contributed by atoms with Crippen LogP contribution in [0.2, 0.25) is 0 Å². The predicted molar refractivity (Wildman–Crippen MR) is 98.5 cm³/mol. The van der Waals surface area contributed by atoms with E-state index in [1.54, 1.807) is 28.0 Å². The first-order valence-corrected chi connectivity index (χ1v) is 9.13. The minimum Gasteiger partial charge on any atom is -0.293 e. The summed E-state index contributed by atoms with van der Waals surface area (Å²) in [5, 5.41) is 14.2. The third kappa shape index (κ3) is 2.19. The van der Waals surface area contributed by atoms with E-state index in [0.29, 0.717) is 18.1 Å². The van der Waals surface area contributed by atoms with Crippen molar-refractivity contribution in [3.05, 3.63) is 43.0 Å². The number of carbonyl (C=O) groups is 1. The van der Waals surface area contributed by atoms with Gasteiger partial charge < -0.3 is 0 Å². The van der Waals surface area contributed by atoms with Gasteiger partial charge in [0.05, 0.1) is 24.2 Å². The molecule has 27 heavy (non-hydrogen) atoms. The number of rotatable bonds is 3. The van der Waals surface area contributed by atoms with Gasteiger partial charge in [0.2, 0.25) is 5.91 Å². The van der Waals surface area contributed by atoms with Crippen molar-refractivity contribution >= 4 is 17.2 Å². The van der Waals surface area contributed by atoms with E-state index in [0.717, 1.165) is 23.9 Å². The maximum atomic E-state index is 13.4. The molecule has 0 radical (unpaired) electrons. The van der Waals surface area contributed by atoms with Gasteiger partial charge in [0.15, 0.2) is 5.82 Å². The van der Waals surface area contributed by atoms with Gasteiger partial charge >= 0.3 is 0 Å². The van der Waals surface area contributed by atoms with Gasteiger partial charge in [0, 0.05) is 30.4 Å². The van der Waals surface area contributed by atoms with Crippen LogP contribution in [0.25, 0.3) is 16.8 Å². The standard InChI is InChI=1S/C20H18N6O/c1-13-10-25(19(27)20(13,12-21)15-4-5-15)18-17-6-8-23-26(17)11-16(24-18)14-3-2-7-22-9-14/h2-3,6-9,11,13,15H,4-5,10H2,1H3/t13-,20+/m1/s1. The molecule has 2 aliphatic rings. The number of hydrogen-bond donors (Lipinski definition) is 0. The lowest BCUT2D eigenvalue weighted by Crippen LogP contribution is -2.37. The maximum Gasteiger partial charge on any atom is 0.249 e. The highest BCUT2D eigenvalue weighted by Crippen LogP contribution is 2.54. The molecule has 7 nitrogen and oxygen atoms in total. The van der Waals surface area contributed by atoms with Crippen LogP contribution in [0.3, 0.4) is 0 Å². The largest absolute Gasteiger partial charge is 0.293 e. The summed E-state index contributed by atoms with van der Waals surface area (Å²) in [6.45, 7) is 2.49. The first-order chi connectivity index (χ1) is 13.1. The predicted octanol–water partition coefficient (Wildman–Crippen LogP) is 2.69. The van der Waals surface area contributed by atoms with Gasteiger partial charge in [0.25, 0.3) is 0 Å². The highest BCUT2D eigenvalue weighted by atomic mass is 16.2. The summed E-state index contributed by atoms with van der Waals surface area (Å²) in [5.41, 5.74) is 1.37. The SMILES string of the molecule is C[C@@H]1CN(c2nc(-c3cccnc3)cn3nccc23)C(=O)[C@]1(C#N)C1CC1. The molecule has 2 fully saturated rings. The Kier molecular flexibility index (Phi) is 3.31. The number of nitriles is 1. The summed E-state index contributed by atoms with van der Waals surface area (Å²) in [7, 11) is 0. The second-order valence-corrected chi connectivity index (χ2v) is 7.42. The smallest absolute Gasteiger partial charge is 0.249 e. The molecule has 3 aromatic heterocycles. The van der Waals surface area contributed by atoms with E-state index >= 15 is 0 Å². The number of anilines is 1. The van der Waals surface area contributed by atoms with E-state index in [2.05, 4.69) is 16.2 Å². The molecule has 0 N–H and O–H groups in total. The Labute approximate surface area is 156 Å². The Morgan fingerprint density at radius 1 is 1.30 bits per heavy atom. The van der Waals surface area contributed by atoms with Crippen molar-refractivity contribution in [2.75, 3.05) is 11.4 Å². The minimum atomic E-state index is -0.928. The molecule has 2 atom stereocenters. The number of pyridine rings is 1. The molecule has 0 spiro atoms. The van der Waals surface area contributed by atoms with Crippen LogP contribution in [-0.2, 0) is 4.79 Å². The van der Waals surface area contributed by atoms with Crippen molar-refractivity contribution < 1.29 is 4.79 Å². The number of hydrogen-bond acceptors (Lipinski definition) is 5. The summed E-state index contributed by atoms with van der Waals surface area (Å²) in [6, 6.07) is 7.99. The van der Waals surface area contributed by atoms with Crippen molar-refractivity contribution in [1.29, 1.82) is 5.26 Å². The number of amides is 1. The number of fused-ring (bicyclic) bond motifs is 1. The molecule has 3 aromatic rings. The first kappa shape index (κ1) is 15.9. The maximum absolute atomic E-state index is 13.4. The minimum absolute atomic E-state index is 0.0330. The Morgan fingerprint density at radius 3 is 2.85 bits per heavy atom. The second kappa shape index (κ2) is 5.61. The Bertz CT molecular complexity index is 1080. The summed E-state index contributed by atoms with van der Waals surface area (Å²) in [4.78, 5) is 24.0. The summed E-state index contributed by atoms with van der Waals surface area (Å²) >= 11 is 0. The lowest BCUT2D eigenvalue weighted by atomic mass is 9.75. The fourth-order valence-electron chi connectivity index (χ4n) is 4.24. The molecule has 1 aliphatic heterocycles. The lowest BCUT2D eigenvalue weighted by molar-refractivity contribution is -0.124. The number of carbonyl (C=O) groups excluding carboxylic acids is 1. The highest BCUT2D eigenvalue weighted by molar-refractivity contribution is 6.04. The van der Waals surface area contributed by atoms with E-state index in [-0.39, 0.29) is 17.7 Å². The normalized spacial score (nSPS) is 25.1. The molecular formula is C20H18N6O.